The quantitative estimate of drug-likeness (QED) is 0.363. The van der Waals surface area contributed by atoms with E-state index in [1.807, 2.05) is 19.1 Å². The minimum absolute atomic E-state index is 0.185. The second-order valence-electron chi connectivity index (χ2n) is 6.86. The molecule has 0 atom stereocenters. The Hall–Kier alpha value is -2.63. The van der Waals surface area contributed by atoms with Gasteiger partial charge < -0.3 is 14.8 Å². The van der Waals surface area contributed by atoms with Crippen LogP contribution in [0.4, 0.5) is 10.5 Å². The largest absolute Gasteiger partial charge is 0.480 e. The van der Waals surface area contributed by atoms with Crippen molar-refractivity contribution in [1.82, 2.24) is 4.90 Å². The number of nitrogens with zero attached hydrogens (tertiary/aromatic N) is 1. The van der Waals surface area contributed by atoms with Crippen molar-refractivity contribution in [2.24, 2.45) is 0 Å². The number of amides is 3. The number of halogens is 2. The molecule has 3 amide bonds. The van der Waals surface area contributed by atoms with Gasteiger partial charge in [-0.15, -0.1) is 0 Å². The maximum absolute atomic E-state index is 12.7. The molecule has 1 aliphatic heterocycles. The van der Waals surface area contributed by atoms with E-state index in [1.165, 1.54) is 7.11 Å². The van der Waals surface area contributed by atoms with Crippen LogP contribution in [0.3, 0.4) is 0 Å². The van der Waals surface area contributed by atoms with E-state index in [0.717, 1.165) is 22.2 Å². The first kappa shape index (κ1) is 25.0. The van der Waals surface area contributed by atoms with Crippen molar-refractivity contribution in [2.45, 2.75) is 6.92 Å². The molecule has 1 N–H and O–H groups in total. The highest BCUT2D eigenvalue weighted by Gasteiger charge is 2.36. The normalized spacial score (nSPS) is 14.5. The predicted molar refractivity (Wildman–Crippen MR) is 132 cm³/mol. The number of aryl methyl sites for hydroxylation is 1. The van der Waals surface area contributed by atoms with Gasteiger partial charge in [-0.25, -0.2) is 4.79 Å². The topological polar surface area (TPSA) is 102 Å². The molecular formula is C22H18Br2N2O6S. The zero-order valence-corrected chi connectivity index (χ0v) is 21.5. The third-order valence-electron chi connectivity index (χ3n) is 4.39. The van der Waals surface area contributed by atoms with Crippen LogP contribution < -0.4 is 10.1 Å². The first-order valence-electron chi connectivity index (χ1n) is 9.48. The van der Waals surface area contributed by atoms with E-state index < -0.39 is 23.0 Å². The van der Waals surface area contributed by atoms with E-state index in [2.05, 4.69) is 41.9 Å². The lowest BCUT2D eigenvalue weighted by Crippen LogP contribution is -2.36. The molecule has 1 heterocycles. The number of rotatable bonds is 7. The Morgan fingerprint density at radius 1 is 1.12 bits per heavy atom. The number of nitrogens with one attached hydrogen (secondary N) is 1. The first-order valence-corrected chi connectivity index (χ1v) is 11.9. The Kier molecular flexibility index (Phi) is 8.33. The summed E-state index contributed by atoms with van der Waals surface area (Å²) in [4.78, 5) is 49.8. The third kappa shape index (κ3) is 6.46. The van der Waals surface area contributed by atoms with Crippen LogP contribution in [0.25, 0.3) is 6.08 Å². The number of hydrogen-bond donors (Lipinski definition) is 1. The highest BCUT2D eigenvalue weighted by molar-refractivity contribution is 9.11. The van der Waals surface area contributed by atoms with Crippen molar-refractivity contribution < 1.29 is 28.7 Å². The number of imide groups is 1. The number of hydrogen-bond acceptors (Lipinski definition) is 7. The first-order chi connectivity index (χ1) is 15.7. The zero-order chi connectivity index (χ0) is 24.1. The van der Waals surface area contributed by atoms with Gasteiger partial charge in [0, 0.05) is 5.69 Å². The highest BCUT2D eigenvalue weighted by Crippen LogP contribution is 2.37. The lowest BCUT2D eigenvalue weighted by molar-refractivity contribution is -0.143. The lowest BCUT2D eigenvalue weighted by Gasteiger charge is -2.12. The van der Waals surface area contributed by atoms with Crippen LogP contribution in [-0.4, -0.2) is 48.2 Å². The van der Waals surface area contributed by atoms with E-state index in [9.17, 15) is 19.2 Å². The molecule has 0 unspecified atom stereocenters. The maximum Gasteiger partial charge on any atom is 0.343 e. The van der Waals surface area contributed by atoms with E-state index >= 15 is 0 Å². The fourth-order valence-electron chi connectivity index (χ4n) is 2.76. The van der Waals surface area contributed by atoms with Gasteiger partial charge in [0.05, 0.1) is 21.0 Å². The lowest BCUT2D eigenvalue weighted by atomic mass is 10.2. The Morgan fingerprint density at radius 2 is 1.76 bits per heavy atom. The van der Waals surface area contributed by atoms with E-state index in [4.69, 9.17) is 4.74 Å². The predicted octanol–water partition coefficient (Wildman–Crippen LogP) is 4.75. The maximum atomic E-state index is 12.7. The van der Waals surface area contributed by atoms with Gasteiger partial charge >= 0.3 is 5.97 Å². The summed E-state index contributed by atoms with van der Waals surface area (Å²) in [6.07, 6.45) is 1.54. The summed E-state index contributed by atoms with van der Waals surface area (Å²) >= 11 is 7.49. The van der Waals surface area contributed by atoms with Crippen LogP contribution in [0, 0.1) is 6.92 Å². The summed E-state index contributed by atoms with van der Waals surface area (Å²) in [5.74, 6) is -1.17. The number of thioether (sulfide) groups is 1. The molecule has 0 aliphatic carbocycles. The van der Waals surface area contributed by atoms with Gasteiger partial charge in [-0.05, 0) is 86.5 Å². The van der Waals surface area contributed by atoms with E-state index in [0.29, 0.717) is 25.9 Å². The molecular weight excluding hydrogens is 580 g/mol. The van der Waals surface area contributed by atoms with Gasteiger partial charge in [0.1, 0.15) is 12.3 Å². The third-order valence-corrected chi connectivity index (χ3v) is 6.48. The van der Waals surface area contributed by atoms with Crippen LogP contribution in [0.1, 0.15) is 11.1 Å². The van der Waals surface area contributed by atoms with Crippen molar-refractivity contribution in [2.75, 3.05) is 25.6 Å². The number of esters is 1. The number of methoxy groups -OCH3 is 1. The standard InChI is InChI=1S/C22H18Br2N2O6S/c1-12-3-5-14(6-4-12)25-18(27)10-26-21(29)17(33-22(26)30)9-13-7-15(23)20(16(24)8-13)32-11-19(28)31-2/h3-9H,10-11H2,1-2H3,(H,25,27). The van der Waals surface area contributed by atoms with Crippen molar-refractivity contribution >= 4 is 78.4 Å². The summed E-state index contributed by atoms with van der Waals surface area (Å²) < 4.78 is 11.0. The molecule has 172 valence electrons. The van der Waals surface area contributed by atoms with E-state index in [-0.39, 0.29) is 18.1 Å². The minimum atomic E-state index is -0.553. The molecule has 0 aromatic heterocycles. The number of ether oxygens (including phenoxy) is 2. The smallest absolute Gasteiger partial charge is 0.343 e. The zero-order valence-electron chi connectivity index (χ0n) is 17.5. The molecule has 1 fully saturated rings. The van der Waals surface area contributed by atoms with Crippen LogP contribution in [-0.2, 0) is 19.1 Å². The molecule has 2 aromatic carbocycles. The Morgan fingerprint density at radius 3 is 2.36 bits per heavy atom. The van der Waals surface area contributed by atoms with Gasteiger partial charge in [-0.1, -0.05) is 17.7 Å². The van der Waals surface area contributed by atoms with Gasteiger partial charge in [0.2, 0.25) is 5.91 Å². The molecule has 11 heteroatoms. The second kappa shape index (κ2) is 11.0. The van der Waals surface area contributed by atoms with Gasteiger partial charge in [0.15, 0.2) is 6.61 Å². The summed E-state index contributed by atoms with van der Waals surface area (Å²) in [6, 6.07) is 10.5. The summed E-state index contributed by atoms with van der Waals surface area (Å²) in [5.41, 5.74) is 2.23. The molecule has 33 heavy (non-hydrogen) atoms. The fourth-order valence-corrected chi connectivity index (χ4v) is 5.05. The average Bonchev–Trinajstić information content (AvgIpc) is 3.01. The summed E-state index contributed by atoms with van der Waals surface area (Å²) in [6.45, 7) is 1.28. The highest BCUT2D eigenvalue weighted by atomic mass is 79.9. The molecule has 2 aromatic rings. The van der Waals surface area contributed by atoms with Crippen molar-refractivity contribution in [3.05, 3.63) is 61.4 Å². The summed E-state index contributed by atoms with van der Waals surface area (Å²) in [5, 5.41) is 2.15. The van der Waals surface area contributed by atoms with Crippen LogP contribution >= 0.6 is 43.6 Å². The molecule has 0 saturated carbocycles. The van der Waals surface area contributed by atoms with Crippen LogP contribution in [0.15, 0.2) is 50.2 Å². The molecule has 3 rings (SSSR count). The Labute approximate surface area is 210 Å². The van der Waals surface area contributed by atoms with Crippen LogP contribution in [0.2, 0.25) is 0 Å². The van der Waals surface area contributed by atoms with E-state index in [1.54, 1.807) is 30.3 Å². The van der Waals surface area contributed by atoms with Gasteiger partial charge in [0.25, 0.3) is 11.1 Å². The number of carbonyl (C=O) groups is 4. The van der Waals surface area contributed by atoms with Crippen LogP contribution in [0.5, 0.6) is 5.75 Å². The Balaban J connectivity index is 1.70. The van der Waals surface area contributed by atoms with Gasteiger partial charge in [-0.2, -0.15) is 0 Å². The molecule has 0 radical (unpaired) electrons. The minimum Gasteiger partial charge on any atom is -0.480 e. The number of benzene rings is 2. The average molecular weight is 598 g/mol. The molecule has 0 bridgehead atoms. The molecule has 8 nitrogen and oxygen atoms in total. The molecule has 0 spiro atoms. The summed E-state index contributed by atoms with van der Waals surface area (Å²) in [7, 11) is 1.26. The number of carbonyl (C=O) groups excluding carboxylic acids is 4. The molecule has 1 aliphatic rings. The Bertz CT molecular complexity index is 1130. The number of anilines is 1. The fraction of sp³-hybridized carbons (Fsp3) is 0.182. The van der Waals surface area contributed by atoms with Gasteiger partial charge in [-0.3, -0.25) is 19.3 Å². The molecule has 1 saturated heterocycles. The van der Waals surface area contributed by atoms with Crippen molar-refractivity contribution in [1.29, 1.82) is 0 Å². The van der Waals surface area contributed by atoms with Crippen molar-refractivity contribution in [3.8, 4) is 5.75 Å². The second-order valence-corrected chi connectivity index (χ2v) is 9.56. The monoisotopic (exact) mass is 596 g/mol. The SMILES string of the molecule is COC(=O)COc1c(Br)cc(C=C2SC(=O)N(CC(=O)Nc3ccc(C)cc3)C2=O)cc1Br. The van der Waals surface area contributed by atoms with Crippen molar-refractivity contribution in [3.63, 3.8) is 0 Å².